The largest absolute Gasteiger partial charge is 0.346 e. The highest BCUT2D eigenvalue weighted by atomic mass is 19.1. The average molecular weight is 321 g/mol. The van der Waals surface area contributed by atoms with E-state index in [0.717, 1.165) is 31.2 Å². The Bertz CT molecular complexity index is 539. The van der Waals surface area contributed by atoms with Crippen LogP contribution in [0.25, 0.3) is 0 Å². The summed E-state index contributed by atoms with van der Waals surface area (Å²) in [5, 5.41) is 5.43. The minimum atomic E-state index is -0.620. The fourth-order valence-corrected chi connectivity index (χ4v) is 2.87. The van der Waals surface area contributed by atoms with Crippen LogP contribution in [0.3, 0.4) is 0 Å². The van der Waals surface area contributed by atoms with Gasteiger partial charge >= 0.3 is 11.8 Å². The summed E-state index contributed by atoms with van der Waals surface area (Å²) >= 11 is 0. The lowest BCUT2D eigenvalue weighted by Crippen LogP contribution is -2.45. The van der Waals surface area contributed by atoms with Gasteiger partial charge in [-0.15, -0.1) is 0 Å². The van der Waals surface area contributed by atoms with Crippen molar-refractivity contribution in [3.8, 4) is 0 Å². The van der Waals surface area contributed by atoms with E-state index in [1.165, 1.54) is 12.1 Å². The van der Waals surface area contributed by atoms with Gasteiger partial charge in [-0.25, -0.2) is 4.39 Å². The Hall–Kier alpha value is -1.95. The van der Waals surface area contributed by atoms with Gasteiger partial charge in [-0.2, -0.15) is 0 Å². The van der Waals surface area contributed by atoms with Crippen molar-refractivity contribution in [1.29, 1.82) is 0 Å². The van der Waals surface area contributed by atoms with E-state index in [1.54, 1.807) is 12.1 Å². The van der Waals surface area contributed by atoms with E-state index in [2.05, 4.69) is 10.6 Å². The first-order valence-electron chi connectivity index (χ1n) is 7.98. The highest BCUT2D eigenvalue weighted by Crippen LogP contribution is 2.18. The highest BCUT2D eigenvalue weighted by molar-refractivity contribution is 6.35. The molecule has 126 valence electrons. The van der Waals surface area contributed by atoms with Crippen molar-refractivity contribution in [2.45, 2.75) is 37.8 Å². The predicted molar refractivity (Wildman–Crippen MR) is 86.2 cm³/mol. The molecule has 1 unspecified atom stereocenters. The van der Waals surface area contributed by atoms with Crippen LogP contribution in [0.4, 0.5) is 4.39 Å². The Morgan fingerprint density at radius 2 is 1.78 bits per heavy atom. The molecule has 5 nitrogen and oxygen atoms in total. The number of rotatable bonds is 5. The fourth-order valence-electron chi connectivity index (χ4n) is 2.87. The maximum absolute atomic E-state index is 13.0. The molecular weight excluding hydrogens is 297 g/mol. The Morgan fingerprint density at radius 1 is 1.17 bits per heavy atom. The van der Waals surface area contributed by atoms with Crippen LogP contribution in [0.15, 0.2) is 24.3 Å². The molecule has 1 aliphatic carbocycles. The van der Waals surface area contributed by atoms with E-state index in [0.29, 0.717) is 0 Å². The number of halogens is 1. The van der Waals surface area contributed by atoms with E-state index < -0.39 is 11.8 Å². The quantitative estimate of drug-likeness (QED) is 0.810. The van der Waals surface area contributed by atoms with Gasteiger partial charge in [0.1, 0.15) is 5.82 Å². The molecule has 0 saturated heterocycles. The lowest BCUT2D eigenvalue weighted by Gasteiger charge is -2.25. The van der Waals surface area contributed by atoms with Crippen molar-refractivity contribution in [1.82, 2.24) is 15.5 Å². The predicted octanol–water partition coefficient (Wildman–Crippen LogP) is 1.60. The van der Waals surface area contributed by atoms with Crippen molar-refractivity contribution in [2.24, 2.45) is 0 Å². The third-order valence-electron chi connectivity index (χ3n) is 4.23. The Kier molecular flexibility index (Phi) is 6.10. The minimum Gasteiger partial charge on any atom is -0.346 e. The van der Waals surface area contributed by atoms with Gasteiger partial charge in [-0.3, -0.25) is 9.59 Å². The molecule has 2 amide bonds. The van der Waals surface area contributed by atoms with Crippen molar-refractivity contribution in [3.05, 3.63) is 35.6 Å². The number of hydrogen-bond donors (Lipinski definition) is 2. The highest BCUT2D eigenvalue weighted by Gasteiger charge is 2.22. The number of benzene rings is 1. The molecule has 0 bridgehead atoms. The summed E-state index contributed by atoms with van der Waals surface area (Å²) < 4.78 is 13.0. The number of nitrogens with zero attached hydrogens (tertiary/aromatic N) is 1. The van der Waals surface area contributed by atoms with E-state index in [-0.39, 0.29) is 24.4 Å². The SMILES string of the molecule is CN(C)C(CNC(=O)C(=O)NC1CCCC1)c1ccc(F)cc1. The molecule has 1 aliphatic rings. The number of carbonyl (C=O) groups excluding carboxylic acids is 2. The lowest BCUT2D eigenvalue weighted by atomic mass is 10.1. The third-order valence-corrected chi connectivity index (χ3v) is 4.23. The molecule has 1 aromatic carbocycles. The maximum atomic E-state index is 13.0. The summed E-state index contributed by atoms with van der Waals surface area (Å²) in [5.41, 5.74) is 0.882. The van der Waals surface area contributed by atoms with Gasteiger partial charge in [0.25, 0.3) is 0 Å². The zero-order chi connectivity index (χ0) is 16.8. The summed E-state index contributed by atoms with van der Waals surface area (Å²) in [6.07, 6.45) is 4.07. The van der Waals surface area contributed by atoms with Gasteiger partial charge in [0.15, 0.2) is 0 Å². The smallest absolute Gasteiger partial charge is 0.309 e. The third kappa shape index (κ3) is 5.03. The zero-order valence-electron chi connectivity index (χ0n) is 13.6. The monoisotopic (exact) mass is 321 g/mol. The van der Waals surface area contributed by atoms with Crippen LogP contribution >= 0.6 is 0 Å². The van der Waals surface area contributed by atoms with Crippen LogP contribution < -0.4 is 10.6 Å². The van der Waals surface area contributed by atoms with Crippen LogP contribution in [0, 0.1) is 5.82 Å². The molecule has 1 saturated carbocycles. The van der Waals surface area contributed by atoms with E-state index in [1.807, 2.05) is 19.0 Å². The summed E-state index contributed by atoms with van der Waals surface area (Å²) in [4.78, 5) is 25.7. The Morgan fingerprint density at radius 3 is 2.35 bits per heavy atom. The second kappa shape index (κ2) is 8.06. The average Bonchev–Trinajstić information content (AvgIpc) is 3.01. The molecule has 2 rings (SSSR count). The number of likely N-dealkylation sites (N-methyl/N-ethyl adjacent to an activating group) is 1. The topological polar surface area (TPSA) is 61.4 Å². The van der Waals surface area contributed by atoms with Gasteiger partial charge in [0.2, 0.25) is 0 Å². The molecule has 0 aromatic heterocycles. The van der Waals surface area contributed by atoms with Crippen LogP contribution in [0.5, 0.6) is 0 Å². The summed E-state index contributed by atoms with van der Waals surface area (Å²) in [5.74, 6) is -1.49. The molecular formula is C17H24FN3O2. The number of amides is 2. The van der Waals surface area contributed by atoms with Crippen molar-refractivity contribution >= 4 is 11.8 Å². The summed E-state index contributed by atoms with van der Waals surface area (Å²) in [6, 6.07) is 6.14. The minimum absolute atomic E-state index is 0.120. The van der Waals surface area contributed by atoms with Gasteiger partial charge in [0, 0.05) is 12.6 Å². The normalized spacial score (nSPS) is 16.3. The second-order valence-corrected chi connectivity index (χ2v) is 6.20. The first-order chi connectivity index (χ1) is 11.0. The zero-order valence-corrected chi connectivity index (χ0v) is 13.6. The van der Waals surface area contributed by atoms with Crippen LogP contribution in [-0.4, -0.2) is 43.4 Å². The molecule has 2 N–H and O–H groups in total. The fraction of sp³-hybridized carbons (Fsp3) is 0.529. The molecule has 1 atom stereocenters. The van der Waals surface area contributed by atoms with Gasteiger partial charge in [-0.1, -0.05) is 25.0 Å². The van der Waals surface area contributed by atoms with Crippen molar-refractivity contribution in [3.63, 3.8) is 0 Å². The lowest BCUT2D eigenvalue weighted by molar-refractivity contribution is -0.139. The molecule has 0 aliphatic heterocycles. The molecule has 0 heterocycles. The summed E-state index contributed by atoms with van der Waals surface area (Å²) in [6.45, 7) is 0.287. The number of carbonyl (C=O) groups is 2. The van der Waals surface area contributed by atoms with E-state index in [9.17, 15) is 14.0 Å². The molecule has 6 heteroatoms. The van der Waals surface area contributed by atoms with Crippen molar-refractivity contribution in [2.75, 3.05) is 20.6 Å². The van der Waals surface area contributed by atoms with Gasteiger partial charge < -0.3 is 15.5 Å². The maximum Gasteiger partial charge on any atom is 0.309 e. The molecule has 1 aromatic rings. The first kappa shape index (κ1) is 17.4. The molecule has 0 spiro atoms. The second-order valence-electron chi connectivity index (χ2n) is 6.20. The van der Waals surface area contributed by atoms with E-state index >= 15 is 0 Å². The first-order valence-corrected chi connectivity index (χ1v) is 7.98. The van der Waals surface area contributed by atoms with Crippen LogP contribution in [0.2, 0.25) is 0 Å². The Labute approximate surface area is 136 Å². The van der Waals surface area contributed by atoms with Gasteiger partial charge in [-0.05, 0) is 44.6 Å². The number of nitrogens with one attached hydrogen (secondary N) is 2. The van der Waals surface area contributed by atoms with E-state index in [4.69, 9.17) is 0 Å². The van der Waals surface area contributed by atoms with Crippen molar-refractivity contribution < 1.29 is 14.0 Å². The Balaban J connectivity index is 1.88. The molecule has 23 heavy (non-hydrogen) atoms. The van der Waals surface area contributed by atoms with Crippen LogP contribution in [0.1, 0.15) is 37.3 Å². The standard InChI is InChI=1S/C17H24FN3O2/c1-21(2)15(12-7-9-13(18)10-8-12)11-19-16(22)17(23)20-14-5-3-4-6-14/h7-10,14-15H,3-6,11H2,1-2H3,(H,19,22)(H,20,23). The van der Waals surface area contributed by atoms with Gasteiger partial charge in [0.05, 0.1) is 6.04 Å². The molecule has 1 fully saturated rings. The number of hydrogen-bond acceptors (Lipinski definition) is 3. The molecule has 0 radical (unpaired) electrons. The summed E-state index contributed by atoms with van der Waals surface area (Å²) in [7, 11) is 3.75. The van der Waals surface area contributed by atoms with Crippen LogP contribution in [-0.2, 0) is 9.59 Å².